The zero-order valence-electron chi connectivity index (χ0n) is 14.5. The number of carbonyl (C=O) groups is 1. The molecule has 0 aliphatic rings. The van der Waals surface area contributed by atoms with Gasteiger partial charge in [-0.3, -0.25) is 4.79 Å². The van der Waals surface area contributed by atoms with Crippen LogP contribution in [0.25, 0.3) is 0 Å². The van der Waals surface area contributed by atoms with Gasteiger partial charge in [0.25, 0.3) is 0 Å². The molecule has 2 heterocycles. The van der Waals surface area contributed by atoms with Crippen molar-refractivity contribution in [3.05, 3.63) is 51.7 Å². The highest BCUT2D eigenvalue weighted by Crippen LogP contribution is 2.18. The minimum absolute atomic E-state index is 0.0400. The molecule has 0 unspecified atom stereocenters. The lowest BCUT2D eigenvalue weighted by atomic mass is 10.2. The maximum Gasteiger partial charge on any atom is 0.230 e. The number of nitrogens with zero attached hydrogens (tertiary/aromatic N) is 4. The summed E-state index contributed by atoms with van der Waals surface area (Å²) in [6.45, 7) is 3.13. The van der Waals surface area contributed by atoms with Gasteiger partial charge < -0.3 is 10.1 Å². The summed E-state index contributed by atoms with van der Waals surface area (Å²) >= 11 is 2.97. The molecule has 1 amide bonds. The Labute approximate surface area is 159 Å². The van der Waals surface area contributed by atoms with Crippen LogP contribution in [0, 0.1) is 6.92 Å². The van der Waals surface area contributed by atoms with E-state index >= 15 is 0 Å². The van der Waals surface area contributed by atoms with E-state index in [1.54, 1.807) is 23.1 Å². The van der Waals surface area contributed by atoms with Crippen molar-refractivity contribution in [2.45, 2.75) is 25.2 Å². The predicted octanol–water partition coefficient (Wildman–Crippen LogP) is 2.51. The van der Waals surface area contributed by atoms with Crippen molar-refractivity contribution in [2.24, 2.45) is 0 Å². The first-order valence-corrected chi connectivity index (χ1v) is 9.84. The highest BCUT2D eigenvalue weighted by Gasteiger charge is 2.11. The molecule has 0 fully saturated rings. The molecule has 3 rings (SSSR count). The Hall–Kier alpha value is -2.39. The maximum atomic E-state index is 12.1. The van der Waals surface area contributed by atoms with Gasteiger partial charge in [0, 0.05) is 4.88 Å². The number of tetrazole rings is 1. The molecule has 0 atom stereocenters. The Morgan fingerprint density at radius 1 is 1.31 bits per heavy atom. The molecule has 136 valence electrons. The second kappa shape index (κ2) is 8.81. The van der Waals surface area contributed by atoms with Gasteiger partial charge in [-0.2, -0.15) is 0 Å². The van der Waals surface area contributed by atoms with E-state index in [-0.39, 0.29) is 11.7 Å². The number of thiophene rings is 1. The SMILES string of the molecule is COc1ccc(Cn2nnnc2SCC(=O)NCc2sccc2C)cc1. The minimum atomic E-state index is -0.0400. The Morgan fingerprint density at radius 2 is 2.12 bits per heavy atom. The Kier molecular flexibility index (Phi) is 6.24. The zero-order valence-corrected chi connectivity index (χ0v) is 16.1. The number of carbonyl (C=O) groups excluding carboxylic acids is 1. The molecule has 0 spiro atoms. The third kappa shape index (κ3) is 4.83. The Morgan fingerprint density at radius 3 is 2.81 bits per heavy atom. The zero-order chi connectivity index (χ0) is 18.4. The van der Waals surface area contributed by atoms with Crippen LogP contribution in [0.1, 0.15) is 16.0 Å². The van der Waals surface area contributed by atoms with Crippen LogP contribution in [0.15, 0.2) is 40.9 Å². The van der Waals surface area contributed by atoms with Crippen LogP contribution in [0.5, 0.6) is 5.75 Å². The number of thioether (sulfide) groups is 1. The van der Waals surface area contributed by atoms with Gasteiger partial charge in [0.1, 0.15) is 5.75 Å². The molecule has 0 saturated carbocycles. The van der Waals surface area contributed by atoms with Crippen LogP contribution in [0.3, 0.4) is 0 Å². The first-order valence-electron chi connectivity index (χ1n) is 7.97. The van der Waals surface area contributed by atoms with Crippen molar-refractivity contribution in [1.29, 1.82) is 0 Å². The van der Waals surface area contributed by atoms with Crippen LogP contribution in [0.2, 0.25) is 0 Å². The van der Waals surface area contributed by atoms with Crippen molar-refractivity contribution in [2.75, 3.05) is 12.9 Å². The highest BCUT2D eigenvalue weighted by molar-refractivity contribution is 7.99. The topological polar surface area (TPSA) is 81.9 Å². The molecular formula is C17H19N5O2S2. The average molecular weight is 390 g/mol. The molecule has 7 nitrogen and oxygen atoms in total. The number of rotatable bonds is 8. The number of hydrogen-bond acceptors (Lipinski definition) is 7. The molecule has 1 aromatic carbocycles. The molecule has 0 aliphatic heterocycles. The molecule has 0 radical (unpaired) electrons. The lowest BCUT2D eigenvalue weighted by Gasteiger charge is -2.06. The number of aromatic nitrogens is 4. The normalized spacial score (nSPS) is 10.7. The van der Waals surface area contributed by atoms with E-state index in [0.29, 0.717) is 18.2 Å². The molecule has 1 N–H and O–H groups in total. The van der Waals surface area contributed by atoms with Gasteiger partial charge in [-0.1, -0.05) is 23.9 Å². The Bertz CT molecular complexity index is 860. The monoisotopic (exact) mass is 389 g/mol. The molecule has 0 bridgehead atoms. The fraction of sp³-hybridized carbons (Fsp3) is 0.294. The second-order valence-electron chi connectivity index (χ2n) is 5.56. The van der Waals surface area contributed by atoms with Crippen molar-refractivity contribution in [3.63, 3.8) is 0 Å². The summed E-state index contributed by atoms with van der Waals surface area (Å²) in [5, 5.41) is 17.3. The molecular weight excluding hydrogens is 370 g/mol. The molecule has 0 aliphatic carbocycles. The quantitative estimate of drug-likeness (QED) is 0.596. The first kappa shape index (κ1) is 18.4. The van der Waals surface area contributed by atoms with Gasteiger partial charge in [0.15, 0.2) is 0 Å². The summed E-state index contributed by atoms with van der Waals surface area (Å²) in [6, 6.07) is 9.77. The van der Waals surface area contributed by atoms with Crippen LogP contribution in [-0.2, 0) is 17.9 Å². The van der Waals surface area contributed by atoms with Crippen LogP contribution in [0.4, 0.5) is 0 Å². The molecule has 0 saturated heterocycles. The summed E-state index contributed by atoms with van der Waals surface area (Å²) < 4.78 is 6.84. The van der Waals surface area contributed by atoms with Gasteiger partial charge in [-0.25, -0.2) is 4.68 Å². The Balaban J connectivity index is 1.51. The standard InChI is InChI=1S/C17H19N5O2S2/c1-12-7-8-25-15(12)9-18-16(23)11-26-17-19-20-21-22(17)10-13-3-5-14(24-2)6-4-13/h3-8H,9-11H2,1-2H3,(H,18,23). The molecule has 26 heavy (non-hydrogen) atoms. The third-order valence-electron chi connectivity index (χ3n) is 3.74. The first-order chi connectivity index (χ1) is 12.7. The number of amides is 1. The van der Waals surface area contributed by atoms with E-state index in [1.165, 1.54) is 22.2 Å². The summed E-state index contributed by atoms with van der Waals surface area (Å²) in [5.74, 6) is 1.03. The maximum absolute atomic E-state index is 12.1. The van der Waals surface area contributed by atoms with Crippen molar-refractivity contribution in [1.82, 2.24) is 25.5 Å². The largest absolute Gasteiger partial charge is 0.497 e. The minimum Gasteiger partial charge on any atom is -0.497 e. The van der Waals surface area contributed by atoms with Crippen molar-refractivity contribution in [3.8, 4) is 5.75 Å². The number of hydrogen-bond donors (Lipinski definition) is 1. The van der Waals surface area contributed by atoms with Gasteiger partial charge >= 0.3 is 0 Å². The predicted molar refractivity (Wildman–Crippen MR) is 102 cm³/mol. The summed E-state index contributed by atoms with van der Waals surface area (Å²) in [7, 11) is 1.63. The number of methoxy groups -OCH3 is 1. The highest BCUT2D eigenvalue weighted by atomic mass is 32.2. The van der Waals surface area contributed by atoms with Crippen molar-refractivity contribution >= 4 is 29.0 Å². The fourth-order valence-electron chi connectivity index (χ4n) is 2.25. The van der Waals surface area contributed by atoms with E-state index in [2.05, 4.69) is 20.8 Å². The fourth-order valence-corrected chi connectivity index (χ4v) is 3.80. The van der Waals surface area contributed by atoms with E-state index in [0.717, 1.165) is 11.3 Å². The number of ether oxygens (including phenoxy) is 1. The van der Waals surface area contributed by atoms with Crippen LogP contribution in [-0.4, -0.2) is 39.0 Å². The van der Waals surface area contributed by atoms with Gasteiger partial charge in [-0.05, 0) is 52.1 Å². The van der Waals surface area contributed by atoms with E-state index in [9.17, 15) is 4.79 Å². The molecule has 9 heteroatoms. The van der Waals surface area contributed by atoms with E-state index in [4.69, 9.17) is 4.74 Å². The number of benzene rings is 1. The average Bonchev–Trinajstić information content (AvgIpc) is 3.27. The van der Waals surface area contributed by atoms with E-state index in [1.807, 2.05) is 42.6 Å². The van der Waals surface area contributed by atoms with Crippen LogP contribution < -0.4 is 10.1 Å². The van der Waals surface area contributed by atoms with E-state index < -0.39 is 0 Å². The number of aryl methyl sites for hydroxylation is 1. The summed E-state index contributed by atoms with van der Waals surface area (Å²) in [4.78, 5) is 13.2. The molecule has 2 aromatic heterocycles. The summed E-state index contributed by atoms with van der Waals surface area (Å²) in [6.07, 6.45) is 0. The molecule has 3 aromatic rings. The van der Waals surface area contributed by atoms with Crippen molar-refractivity contribution < 1.29 is 9.53 Å². The lowest BCUT2D eigenvalue weighted by Crippen LogP contribution is -2.24. The van der Waals surface area contributed by atoms with Gasteiger partial charge in [0.05, 0.1) is 26.0 Å². The summed E-state index contributed by atoms with van der Waals surface area (Å²) in [5.41, 5.74) is 2.25. The third-order valence-corrected chi connectivity index (χ3v) is 5.72. The van der Waals surface area contributed by atoms with Gasteiger partial charge in [-0.15, -0.1) is 16.4 Å². The van der Waals surface area contributed by atoms with Crippen LogP contribution >= 0.6 is 23.1 Å². The second-order valence-corrected chi connectivity index (χ2v) is 7.50. The smallest absolute Gasteiger partial charge is 0.230 e. The number of nitrogens with one attached hydrogen (secondary N) is 1. The lowest BCUT2D eigenvalue weighted by molar-refractivity contribution is -0.118. The van der Waals surface area contributed by atoms with Gasteiger partial charge in [0.2, 0.25) is 11.1 Å².